The van der Waals surface area contributed by atoms with Gasteiger partial charge in [-0.25, -0.2) is 4.68 Å². The van der Waals surface area contributed by atoms with E-state index < -0.39 is 0 Å². The molecule has 1 heterocycles. The Balaban J connectivity index is 2.20. The molecule has 0 saturated heterocycles. The Morgan fingerprint density at radius 1 is 1.11 bits per heavy atom. The van der Waals surface area contributed by atoms with Crippen molar-refractivity contribution in [1.82, 2.24) is 14.7 Å². The van der Waals surface area contributed by atoms with Gasteiger partial charge in [-0.05, 0) is 43.0 Å². The number of amides is 2. The standard InChI is InChI=1S/C28H44N4O3/c1-8-9-10-11-12-27(34)31(18-17-21(2)3)20-26(33)29-25-19-24(28(4,5)6)30-32(25)22-13-15-23(35-7)16-14-22/h13-16,19,21H,8-12,17-18,20H2,1-7H3,(H,29,33). The summed E-state index contributed by atoms with van der Waals surface area (Å²) in [5.41, 5.74) is 1.50. The lowest BCUT2D eigenvalue weighted by molar-refractivity contribution is -0.135. The molecule has 7 heteroatoms. The van der Waals surface area contributed by atoms with Gasteiger partial charge in [0, 0.05) is 24.4 Å². The first kappa shape index (κ1) is 28.4. The number of benzene rings is 1. The summed E-state index contributed by atoms with van der Waals surface area (Å²) in [6, 6.07) is 9.45. The maximum absolute atomic E-state index is 13.1. The molecule has 194 valence electrons. The molecule has 0 saturated carbocycles. The summed E-state index contributed by atoms with van der Waals surface area (Å²) in [7, 11) is 1.63. The van der Waals surface area contributed by atoms with Gasteiger partial charge in [-0.2, -0.15) is 5.10 Å². The minimum absolute atomic E-state index is 0.0397. The number of carbonyl (C=O) groups excluding carboxylic acids is 2. The third-order valence-electron chi connectivity index (χ3n) is 5.97. The highest BCUT2D eigenvalue weighted by molar-refractivity contribution is 5.94. The van der Waals surface area contributed by atoms with Crippen LogP contribution in [0.5, 0.6) is 5.75 Å². The summed E-state index contributed by atoms with van der Waals surface area (Å²) in [5, 5.41) is 7.79. The molecule has 0 spiro atoms. The fourth-order valence-electron chi connectivity index (χ4n) is 3.68. The van der Waals surface area contributed by atoms with Gasteiger partial charge in [0.05, 0.1) is 25.0 Å². The van der Waals surface area contributed by atoms with Crippen LogP contribution >= 0.6 is 0 Å². The predicted octanol–water partition coefficient (Wildman–Crippen LogP) is 5.96. The van der Waals surface area contributed by atoms with E-state index in [0.717, 1.165) is 49.2 Å². The lowest BCUT2D eigenvalue weighted by Crippen LogP contribution is -2.39. The van der Waals surface area contributed by atoms with Crippen LogP contribution in [0.15, 0.2) is 30.3 Å². The molecular formula is C28H44N4O3. The molecule has 1 aromatic heterocycles. The predicted molar refractivity (Wildman–Crippen MR) is 142 cm³/mol. The number of nitrogens with one attached hydrogen (secondary N) is 1. The number of rotatable bonds is 13. The number of carbonyl (C=O) groups is 2. The minimum Gasteiger partial charge on any atom is -0.497 e. The quantitative estimate of drug-likeness (QED) is 0.356. The zero-order valence-corrected chi connectivity index (χ0v) is 22.7. The molecule has 0 radical (unpaired) electrons. The summed E-state index contributed by atoms with van der Waals surface area (Å²) in [5.74, 6) is 1.63. The molecule has 0 unspecified atom stereocenters. The van der Waals surface area contributed by atoms with E-state index in [1.807, 2.05) is 30.3 Å². The SMILES string of the molecule is CCCCCCC(=O)N(CCC(C)C)CC(=O)Nc1cc(C(C)(C)C)nn1-c1ccc(OC)cc1. The molecule has 1 N–H and O–H groups in total. The first-order chi connectivity index (χ1) is 16.5. The zero-order valence-electron chi connectivity index (χ0n) is 22.7. The average Bonchev–Trinajstić information content (AvgIpc) is 3.23. The Bertz CT molecular complexity index is 942. The van der Waals surface area contributed by atoms with Crippen LogP contribution in [-0.4, -0.2) is 46.7 Å². The zero-order chi connectivity index (χ0) is 26.0. The molecule has 0 aliphatic rings. The molecule has 2 amide bonds. The highest BCUT2D eigenvalue weighted by atomic mass is 16.5. The normalized spacial score (nSPS) is 11.5. The molecule has 2 rings (SSSR count). The molecule has 0 atom stereocenters. The van der Waals surface area contributed by atoms with Gasteiger partial charge in [0.25, 0.3) is 0 Å². The van der Waals surface area contributed by atoms with E-state index >= 15 is 0 Å². The maximum Gasteiger partial charge on any atom is 0.245 e. The summed E-state index contributed by atoms with van der Waals surface area (Å²) in [6.07, 6.45) is 5.53. The Hall–Kier alpha value is -2.83. The Kier molecular flexibility index (Phi) is 10.8. The highest BCUT2D eigenvalue weighted by Crippen LogP contribution is 2.27. The van der Waals surface area contributed by atoms with Crippen molar-refractivity contribution in [3.05, 3.63) is 36.0 Å². The number of anilines is 1. The first-order valence-electron chi connectivity index (χ1n) is 12.9. The third kappa shape index (κ3) is 9.04. The van der Waals surface area contributed by atoms with Crippen molar-refractivity contribution in [3.63, 3.8) is 0 Å². The van der Waals surface area contributed by atoms with Crippen molar-refractivity contribution in [2.45, 2.75) is 85.5 Å². The van der Waals surface area contributed by atoms with E-state index in [0.29, 0.717) is 24.7 Å². The number of hydrogen-bond acceptors (Lipinski definition) is 4. The molecular weight excluding hydrogens is 440 g/mol. The van der Waals surface area contributed by atoms with Crippen LogP contribution < -0.4 is 10.1 Å². The van der Waals surface area contributed by atoms with Gasteiger partial charge in [0.2, 0.25) is 11.8 Å². The van der Waals surface area contributed by atoms with Crippen LogP contribution in [-0.2, 0) is 15.0 Å². The van der Waals surface area contributed by atoms with Gasteiger partial charge in [0.1, 0.15) is 11.6 Å². The summed E-state index contributed by atoms with van der Waals surface area (Å²) >= 11 is 0. The Morgan fingerprint density at radius 3 is 2.37 bits per heavy atom. The number of nitrogens with zero attached hydrogens (tertiary/aromatic N) is 3. The monoisotopic (exact) mass is 484 g/mol. The van der Waals surface area contributed by atoms with E-state index in [1.165, 1.54) is 0 Å². The molecule has 2 aromatic rings. The van der Waals surface area contributed by atoms with Gasteiger partial charge >= 0.3 is 0 Å². The summed E-state index contributed by atoms with van der Waals surface area (Å²) in [6.45, 7) is 13.3. The van der Waals surface area contributed by atoms with Crippen molar-refractivity contribution < 1.29 is 14.3 Å². The number of hydrogen-bond donors (Lipinski definition) is 1. The molecule has 1 aromatic carbocycles. The second-order valence-electron chi connectivity index (χ2n) is 10.6. The summed E-state index contributed by atoms with van der Waals surface area (Å²) < 4.78 is 7.01. The van der Waals surface area contributed by atoms with Gasteiger partial charge in [0.15, 0.2) is 0 Å². The lowest BCUT2D eigenvalue weighted by atomic mass is 9.92. The Morgan fingerprint density at radius 2 is 1.80 bits per heavy atom. The van der Waals surface area contributed by atoms with Gasteiger partial charge < -0.3 is 15.0 Å². The fourth-order valence-corrected chi connectivity index (χ4v) is 3.68. The fraction of sp³-hybridized carbons (Fsp3) is 0.607. The maximum atomic E-state index is 13.1. The van der Waals surface area contributed by atoms with Crippen molar-refractivity contribution >= 4 is 17.6 Å². The van der Waals surface area contributed by atoms with Crippen molar-refractivity contribution in [3.8, 4) is 11.4 Å². The number of ether oxygens (including phenoxy) is 1. The number of methoxy groups -OCH3 is 1. The Labute approximate surface area is 211 Å². The smallest absolute Gasteiger partial charge is 0.245 e. The minimum atomic E-state index is -0.217. The molecule has 0 aliphatic heterocycles. The molecule has 0 fully saturated rings. The molecule has 0 bridgehead atoms. The average molecular weight is 485 g/mol. The van der Waals surface area contributed by atoms with E-state index in [-0.39, 0.29) is 23.8 Å². The third-order valence-corrected chi connectivity index (χ3v) is 5.97. The van der Waals surface area contributed by atoms with Crippen LogP contribution in [0.2, 0.25) is 0 Å². The first-order valence-corrected chi connectivity index (χ1v) is 12.9. The molecule has 0 aliphatic carbocycles. The van der Waals surface area contributed by atoms with Crippen LogP contribution in [0.4, 0.5) is 5.82 Å². The lowest BCUT2D eigenvalue weighted by Gasteiger charge is -2.23. The van der Waals surface area contributed by atoms with Crippen molar-refractivity contribution in [1.29, 1.82) is 0 Å². The van der Waals surface area contributed by atoms with Gasteiger partial charge in [-0.1, -0.05) is 60.8 Å². The summed E-state index contributed by atoms with van der Waals surface area (Å²) in [4.78, 5) is 27.7. The largest absolute Gasteiger partial charge is 0.497 e. The van der Waals surface area contributed by atoms with E-state index in [4.69, 9.17) is 9.84 Å². The van der Waals surface area contributed by atoms with E-state index in [2.05, 4.69) is 46.9 Å². The van der Waals surface area contributed by atoms with Gasteiger partial charge in [-0.15, -0.1) is 0 Å². The van der Waals surface area contributed by atoms with Crippen LogP contribution in [0.3, 0.4) is 0 Å². The van der Waals surface area contributed by atoms with Crippen LogP contribution in [0.1, 0.15) is 85.8 Å². The second-order valence-corrected chi connectivity index (χ2v) is 10.6. The van der Waals surface area contributed by atoms with Crippen molar-refractivity contribution in [2.24, 2.45) is 5.92 Å². The van der Waals surface area contributed by atoms with Gasteiger partial charge in [-0.3, -0.25) is 9.59 Å². The second kappa shape index (κ2) is 13.3. The van der Waals surface area contributed by atoms with Crippen molar-refractivity contribution in [2.75, 3.05) is 25.5 Å². The molecule has 35 heavy (non-hydrogen) atoms. The number of aromatic nitrogens is 2. The highest BCUT2D eigenvalue weighted by Gasteiger charge is 2.23. The molecule has 7 nitrogen and oxygen atoms in total. The van der Waals surface area contributed by atoms with Crippen LogP contribution in [0, 0.1) is 5.92 Å². The van der Waals surface area contributed by atoms with Crippen LogP contribution in [0.25, 0.3) is 5.69 Å². The van der Waals surface area contributed by atoms with E-state index in [1.54, 1.807) is 16.7 Å². The van der Waals surface area contributed by atoms with E-state index in [9.17, 15) is 9.59 Å². The number of unbranched alkanes of at least 4 members (excludes halogenated alkanes) is 3. The topological polar surface area (TPSA) is 76.5 Å².